The number of carbonyl (C=O) groups excluding carboxylic acids is 1. The Morgan fingerprint density at radius 3 is 2.95 bits per heavy atom. The summed E-state index contributed by atoms with van der Waals surface area (Å²) in [6.07, 6.45) is 8.41. The van der Waals surface area contributed by atoms with Gasteiger partial charge in [-0.25, -0.2) is 0 Å². The van der Waals surface area contributed by atoms with Gasteiger partial charge in [0.05, 0.1) is 0 Å². The number of nitrogens with two attached hydrogens (primary N) is 1. The minimum atomic E-state index is -0.238. The van der Waals surface area contributed by atoms with Crippen LogP contribution in [0, 0.1) is 6.92 Å². The lowest BCUT2D eigenvalue weighted by molar-refractivity contribution is -0.117. The monoisotopic (exact) mass is 258 g/mol. The van der Waals surface area contributed by atoms with Gasteiger partial charge >= 0.3 is 0 Å². The molecule has 1 amide bonds. The van der Waals surface area contributed by atoms with E-state index in [0.29, 0.717) is 19.0 Å². The van der Waals surface area contributed by atoms with Crippen LogP contribution in [0.3, 0.4) is 0 Å². The zero-order valence-corrected chi connectivity index (χ0v) is 11.5. The van der Waals surface area contributed by atoms with Gasteiger partial charge in [0, 0.05) is 24.7 Å². The molecule has 102 valence electrons. The van der Waals surface area contributed by atoms with Crippen LogP contribution in [0.25, 0.3) is 0 Å². The van der Waals surface area contributed by atoms with Crippen molar-refractivity contribution in [3.63, 3.8) is 0 Å². The summed E-state index contributed by atoms with van der Waals surface area (Å²) in [6.45, 7) is 2.78. The van der Waals surface area contributed by atoms with E-state index >= 15 is 0 Å². The standard InChI is InChI=1S/C16H22N2O/c1-13-6-5-9-15(12-13)18(11-10-16(17)19)14-7-3-2-4-8-14/h3,5-7,9,12,14H,2,4,8,10-11H2,1H3,(H2,17,19)/t14-/m1/s1. The summed E-state index contributed by atoms with van der Waals surface area (Å²) >= 11 is 0. The van der Waals surface area contributed by atoms with Gasteiger partial charge in [-0.15, -0.1) is 0 Å². The maximum absolute atomic E-state index is 11.1. The molecule has 1 aromatic carbocycles. The van der Waals surface area contributed by atoms with Crippen molar-refractivity contribution in [2.24, 2.45) is 5.73 Å². The van der Waals surface area contributed by atoms with Crippen molar-refractivity contribution in [3.05, 3.63) is 42.0 Å². The number of amides is 1. The Labute approximate surface area is 115 Å². The summed E-state index contributed by atoms with van der Waals surface area (Å²) in [5.74, 6) is -0.238. The predicted molar refractivity (Wildman–Crippen MR) is 79.1 cm³/mol. The van der Waals surface area contributed by atoms with Gasteiger partial charge in [-0.05, 0) is 43.9 Å². The number of primary amides is 1. The molecule has 0 unspecified atom stereocenters. The van der Waals surface area contributed by atoms with Crippen molar-refractivity contribution in [2.75, 3.05) is 11.4 Å². The van der Waals surface area contributed by atoms with Crippen LogP contribution in [0.15, 0.2) is 36.4 Å². The molecule has 3 heteroatoms. The summed E-state index contributed by atoms with van der Waals surface area (Å²) in [6, 6.07) is 8.82. The van der Waals surface area contributed by atoms with E-state index in [1.165, 1.54) is 17.7 Å². The van der Waals surface area contributed by atoms with Crippen molar-refractivity contribution in [3.8, 4) is 0 Å². The summed E-state index contributed by atoms with van der Waals surface area (Å²) in [4.78, 5) is 13.4. The molecule has 2 rings (SSSR count). The van der Waals surface area contributed by atoms with E-state index < -0.39 is 0 Å². The summed E-state index contributed by atoms with van der Waals surface area (Å²) in [5.41, 5.74) is 7.71. The van der Waals surface area contributed by atoms with E-state index in [1.54, 1.807) is 0 Å². The van der Waals surface area contributed by atoms with Gasteiger partial charge in [0.1, 0.15) is 0 Å². The molecule has 0 heterocycles. The second-order valence-corrected chi connectivity index (χ2v) is 5.18. The smallest absolute Gasteiger partial charge is 0.219 e. The van der Waals surface area contributed by atoms with Gasteiger partial charge < -0.3 is 10.6 Å². The van der Waals surface area contributed by atoms with Crippen LogP contribution < -0.4 is 10.6 Å². The van der Waals surface area contributed by atoms with Gasteiger partial charge in [0.15, 0.2) is 0 Å². The van der Waals surface area contributed by atoms with E-state index in [-0.39, 0.29) is 5.91 Å². The Morgan fingerprint density at radius 2 is 2.32 bits per heavy atom. The van der Waals surface area contributed by atoms with Crippen LogP contribution in [0.2, 0.25) is 0 Å². The lowest BCUT2D eigenvalue weighted by Crippen LogP contribution is -2.37. The Balaban J connectivity index is 2.19. The number of rotatable bonds is 5. The largest absolute Gasteiger partial charge is 0.370 e. The molecule has 0 fully saturated rings. The van der Waals surface area contributed by atoms with E-state index in [2.05, 4.69) is 48.2 Å². The summed E-state index contributed by atoms with van der Waals surface area (Å²) in [7, 11) is 0. The van der Waals surface area contributed by atoms with Gasteiger partial charge in [0.2, 0.25) is 5.91 Å². The molecule has 0 radical (unpaired) electrons. The van der Waals surface area contributed by atoms with E-state index in [9.17, 15) is 4.79 Å². The first-order chi connectivity index (χ1) is 9.16. The Bertz CT molecular complexity index is 468. The second kappa shape index (κ2) is 6.41. The summed E-state index contributed by atoms with van der Waals surface area (Å²) in [5, 5.41) is 0. The van der Waals surface area contributed by atoms with Crippen molar-refractivity contribution in [1.82, 2.24) is 0 Å². The fraction of sp³-hybridized carbons (Fsp3) is 0.438. The fourth-order valence-electron chi connectivity index (χ4n) is 2.58. The Kier molecular flexibility index (Phi) is 4.61. The third-order valence-corrected chi connectivity index (χ3v) is 3.56. The van der Waals surface area contributed by atoms with E-state index in [1.807, 2.05) is 0 Å². The molecule has 1 aliphatic rings. The highest BCUT2D eigenvalue weighted by atomic mass is 16.1. The van der Waals surface area contributed by atoms with Crippen molar-refractivity contribution in [2.45, 2.75) is 38.6 Å². The molecule has 0 aliphatic heterocycles. The van der Waals surface area contributed by atoms with Gasteiger partial charge in [0.25, 0.3) is 0 Å². The number of benzene rings is 1. The minimum absolute atomic E-state index is 0.238. The molecule has 1 aromatic rings. The number of anilines is 1. The number of hydrogen-bond donors (Lipinski definition) is 1. The molecular formula is C16H22N2O. The molecule has 0 saturated carbocycles. The predicted octanol–water partition coefficient (Wildman–Crippen LogP) is 2.79. The molecular weight excluding hydrogens is 236 g/mol. The Morgan fingerprint density at radius 1 is 1.47 bits per heavy atom. The molecule has 1 atom stereocenters. The van der Waals surface area contributed by atoms with E-state index in [4.69, 9.17) is 5.73 Å². The molecule has 0 spiro atoms. The van der Waals surface area contributed by atoms with Crippen LogP contribution in [0.5, 0.6) is 0 Å². The molecule has 0 saturated heterocycles. The zero-order chi connectivity index (χ0) is 13.7. The van der Waals surface area contributed by atoms with Crippen LogP contribution in [0.1, 0.15) is 31.2 Å². The number of aryl methyl sites for hydroxylation is 1. The van der Waals surface area contributed by atoms with Crippen LogP contribution >= 0.6 is 0 Å². The fourth-order valence-corrected chi connectivity index (χ4v) is 2.58. The molecule has 0 bridgehead atoms. The molecule has 3 nitrogen and oxygen atoms in total. The SMILES string of the molecule is Cc1cccc(N(CCC(N)=O)[C@@H]2C=CCCC2)c1. The maximum atomic E-state index is 11.1. The zero-order valence-electron chi connectivity index (χ0n) is 11.5. The van der Waals surface area contributed by atoms with Crippen molar-refractivity contribution < 1.29 is 4.79 Å². The number of carbonyl (C=O) groups is 1. The van der Waals surface area contributed by atoms with Gasteiger partial charge in [-0.3, -0.25) is 4.79 Å². The lowest BCUT2D eigenvalue weighted by Gasteiger charge is -2.33. The third-order valence-electron chi connectivity index (χ3n) is 3.56. The van der Waals surface area contributed by atoms with Crippen LogP contribution in [-0.4, -0.2) is 18.5 Å². The highest BCUT2D eigenvalue weighted by Crippen LogP contribution is 2.24. The normalized spacial score (nSPS) is 18.3. The molecule has 19 heavy (non-hydrogen) atoms. The lowest BCUT2D eigenvalue weighted by atomic mass is 10.00. The summed E-state index contributed by atoms with van der Waals surface area (Å²) < 4.78 is 0. The first-order valence-electron chi connectivity index (χ1n) is 6.95. The molecule has 0 aromatic heterocycles. The number of allylic oxidation sites excluding steroid dienone is 1. The Hall–Kier alpha value is -1.77. The quantitative estimate of drug-likeness (QED) is 0.825. The van der Waals surface area contributed by atoms with Crippen LogP contribution in [-0.2, 0) is 4.79 Å². The van der Waals surface area contributed by atoms with Crippen molar-refractivity contribution in [1.29, 1.82) is 0 Å². The maximum Gasteiger partial charge on any atom is 0.219 e. The molecule has 1 aliphatic carbocycles. The average Bonchev–Trinajstić information content (AvgIpc) is 2.40. The first kappa shape index (κ1) is 13.7. The highest BCUT2D eigenvalue weighted by molar-refractivity contribution is 5.74. The first-order valence-corrected chi connectivity index (χ1v) is 6.95. The average molecular weight is 258 g/mol. The topological polar surface area (TPSA) is 46.3 Å². The number of nitrogens with zero attached hydrogens (tertiary/aromatic N) is 1. The second-order valence-electron chi connectivity index (χ2n) is 5.18. The molecule has 2 N–H and O–H groups in total. The third kappa shape index (κ3) is 3.85. The number of hydrogen-bond acceptors (Lipinski definition) is 2. The van der Waals surface area contributed by atoms with Gasteiger partial charge in [-0.2, -0.15) is 0 Å². The van der Waals surface area contributed by atoms with Crippen molar-refractivity contribution >= 4 is 11.6 Å². The van der Waals surface area contributed by atoms with E-state index in [0.717, 1.165) is 12.8 Å². The van der Waals surface area contributed by atoms with Gasteiger partial charge in [-0.1, -0.05) is 24.3 Å². The van der Waals surface area contributed by atoms with Crippen LogP contribution in [0.4, 0.5) is 5.69 Å². The minimum Gasteiger partial charge on any atom is -0.370 e. The highest BCUT2D eigenvalue weighted by Gasteiger charge is 2.18.